The van der Waals surface area contributed by atoms with Crippen LogP contribution in [-0.2, 0) is 9.53 Å². The predicted octanol–water partition coefficient (Wildman–Crippen LogP) is 1.71. The molecular weight excluding hydrogens is 296 g/mol. The Morgan fingerprint density at radius 3 is 3.00 bits per heavy atom. The molecule has 0 bridgehead atoms. The largest absolute Gasteiger partial charge is 0.365 e. The molecule has 2 rings (SSSR count). The first-order chi connectivity index (χ1) is 8.63. The monoisotopic (exact) mass is 312 g/mol. The van der Waals surface area contributed by atoms with Gasteiger partial charge in [-0.15, -0.1) is 0 Å². The molecule has 1 aliphatic rings. The fraction of sp³-hybridized carbons (Fsp3) is 0.462. The highest BCUT2D eigenvalue weighted by molar-refractivity contribution is 9.10. The Bertz CT molecular complexity index is 449. The Morgan fingerprint density at radius 1 is 1.56 bits per heavy atom. The average molecular weight is 313 g/mol. The minimum atomic E-state index is -0.392. The lowest BCUT2D eigenvalue weighted by Gasteiger charge is -2.33. The van der Waals surface area contributed by atoms with Crippen molar-refractivity contribution < 1.29 is 9.53 Å². The van der Waals surface area contributed by atoms with E-state index >= 15 is 0 Å². The number of benzene rings is 1. The maximum Gasteiger partial charge on any atom is 0.257 e. The minimum absolute atomic E-state index is 0.0140. The molecule has 1 N–H and O–H groups in total. The lowest BCUT2D eigenvalue weighted by atomic mass is 10.2. The molecule has 0 aliphatic carbocycles. The van der Waals surface area contributed by atoms with Gasteiger partial charge in [0.2, 0.25) is 0 Å². The van der Waals surface area contributed by atoms with E-state index in [4.69, 9.17) is 4.74 Å². The van der Waals surface area contributed by atoms with Gasteiger partial charge < -0.3 is 15.0 Å². The van der Waals surface area contributed by atoms with E-state index in [-0.39, 0.29) is 5.91 Å². The highest BCUT2D eigenvalue weighted by Gasteiger charge is 2.30. The molecular formula is C13H17BrN2O2. The summed E-state index contributed by atoms with van der Waals surface area (Å²) >= 11 is 3.52. The lowest BCUT2D eigenvalue weighted by molar-refractivity contribution is -0.133. The van der Waals surface area contributed by atoms with Crippen molar-refractivity contribution in [3.05, 3.63) is 28.2 Å². The van der Waals surface area contributed by atoms with Crippen molar-refractivity contribution in [2.75, 3.05) is 31.6 Å². The summed E-state index contributed by atoms with van der Waals surface area (Å²) in [5, 5.41) is 2.98. The van der Waals surface area contributed by atoms with Gasteiger partial charge in [0.05, 0.1) is 12.3 Å². The van der Waals surface area contributed by atoms with Crippen LogP contribution in [0.3, 0.4) is 0 Å². The molecule has 1 atom stereocenters. The number of carbonyl (C=O) groups excluding carboxylic acids is 1. The number of nitrogens with zero attached hydrogens (tertiary/aromatic N) is 1. The maximum atomic E-state index is 12.3. The summed E-state index contributed by atoms with van der Waals surface area (Å²) in [5.74, 6) is 0.0140. The van der Waals surface area contributed by atoms with Gasteiger partial charge in [-0.2, -0.15) is 0 Å². The second-order valence-electron chi connectivity index (χ2n) is 4.36. The van der Waals surface area contributed by atoms with Gasteiger partial charge in [0.1, 0.15) is 6.10 Å². The predicted molar refractivity (Wildman–Crippen MR) is 74.9 cm³/mol. The van der Waals surface area contributed by atoms with Crippen molar-refractivity contribution in [2.24, 2.45) is 0 Å². The highest BCUT2D eigenvalue weighted by Crippen LogP contribution is 2.29. The highest BCUT2D eigenvalue weighted by atomic mass is 79.9. The molecule has 1 amide bonds. The van der Waals surface area contributed by atoms with Crippen LogP contribution in [0.1, 0.15) is 5.56 Å². The fourth-order valence-electron chi connectivity index (χ4n) is 2.04. The summed E-state index contributed by atoms with van der Waals surface area (Å²) in [6.45, 7) is 3.73. The molecule has 98 valence electrons. The van der Waals surface area contributed by atoms with Gasteiger partial charge >= 0.3 is 0 Å². The van der Waals surface area contributed by atoms with Crippen LogP contribution in [0.15, 0.2) is 22.7 Å². The number of carbonyl (C=O) groups is 1. The van der Waals surface area contributed by atoms with Gasteiger partial charge in [-0.1, -0.05) is 6.07 Å². The number of rotatable bonds is 3. The molecule has 0 radical (unpaired) electrons. The summed E-state index contributed by atoms with van der Waals surface area (Å²) < 4.78 is 6.42. The second kappa shape index (κ2) is 5.82. The molecule has 1 saturated heterocycles. The minimum Gasteiger partial charge on any atom is -0.365 e. The Hall–Kier alpha value is -0.910. The summed E-state index contributed by atoms with van der Waals surface area (Å²) in [6.07, 6.45) is -0.392. The van der Waals surface area contributed by atoms with Crippen LogP contribution in [0.4, 0.5) is 5.69 Å². The molecule has 1 heterocycles. The van der Waals surface area contributed by atoms with E-state index < -0.39 is 6.10 Å². The second-order valence-corrected chi connectivity index (χ2v) is 5.22. The van der Waals surface area contributed by atoms with E-state index in [2.05, 4.69) is 21.2 Å². The van der Waals surface area contributed by atoms with E-state index in [1.807, 2.05) is 32.2 Å². The number of aryl methyl sites for hydroxylation is 1. The molecule has 1 aromatic rings. The Morgan fingerprint density at radius 2 is 2.33 bits per heavy atom. The number of amides is 1. The van der Waals surface area contributed by atoms with Crippen molar-refractivity contribution in [1.29, 1.82) is 0 Å². The summed E-state index contributed by atoms with van der Waals surface area (Å²) in [6, 6.07) is 6.00. The molecule has 0 aromatic heterocycles. The van der Waals surface area contributed by atoms with Crippen molar-refractivity contribution >= 4 is 27.5 Å². The zero-order valence-electron chi connectivity index (χ0n) is 10.6. The number of nitrogens with one attached hydrogen (secondary N) is 1. The van der Waals surface area contributed by atoms with Crippen LogP contribution in [0.2, 0.25) is 0 Å². The van der Waals surface area contributed by atoms with E-state index in [1.54, 1.807) is 4.90 Å². The summed E-state index contributed by atoms with van der Waals surface area (Å²) in [4.78, 5) is 14.1. The maximum absolute atomic E-state index is 12.3. The van der Waals surface area contributed by atoms with Gasteiger partial charge in [0, 0.05) is 17.6 Å². The SMILES string of the molecule is CNCC1OCCN(c2ccc(C)cc2Br)C1=O. The van der Waals surface area contributed by atoms with Gasteiger partial charge in [-0.05, 0) is 47.6 Å². The molecule has 1 unspecified atom stereocenters. The Kier molecular flexibility index (Phi) is 4.37. The Balaban J connectivity index is 2.24. The average Bonchev–Trinajstić information content (AvgIpc) is 2.33. The number of anilines is 1. The van der Waals surface area contributed by atoms with E-state index in [0.717, 1.165) is 15.7 Å². The summed E-state index contributed by atoms with van der Waals surface area (Å²) in [7, 11) is 1.82. The molecule has 4 nitrogen and oxygen atoms in total. The van der Waals surface area contributed by atoms with Crippen molar-refractivity contribution in [3.63, 3.8) is 0 Å². The smallest absolute Gasteiger partial charge is 0.257 e. The van der Waals surface area contributed by atoms with Gasteiger partial charge in [-0.3, -0.25) is 4.79 Å². The molecule has 18 heavy (non-hydrogen) atoms. The topological polar surface area (TPSA) is 41.6 Å². The van der Waals surface area contributed by atoms with Gasteiger partial charge in [0.15, 0.2) is 0 Å². The van der Waals surface area contributed by atoms with E-state index in [0.29, 0.717) is 19.7 Å². The van der Waals surface area contributed by atoms with E-state index in [1.165, 1.54) is 0 Å². The first kappa shape index (κ1) is 13.5. The zero-order chi connectivity index (χ0) is 13.1. The van der Waals surface area contributed by atoms with Crippen LogP contribution in [0.25, 0.3) is 0 Å². The molecule has 1 fully saturated rings. The number of hydrogen-bond donors (Lipinski definition) is 1. The normalized spacial score (nSPS) is 20.3. The number of ether oxygens (including phenoxy) is 1. The van der Waals surface area contributed by atoms with Crippen molar-refractivity contribution in [3.8, 4) is 0 Å². The number of morpholine rings is 1. The third-order valence-electron chi connectivity index (χ3n) is 2.96. The van der Waals surface area contributed by atoms with E-state index in [9.17, 15) is 4.79 Å². The summed E-state index contributed by atoms with van der Waals surface area (Å²) in [5.41, 5.74) is 2.08. The number of hydrogen-bond acceptors (Lipinski definition) is 3. The molecule has 0 spiro atoms. The van der Waals surface area contributed by atoms with Gasteiger partial charge in [-0.25, -0.2) is 0 Å². The standard InChI is InChI=1S/C13H17BrN2O2/c1-9-3-4-11(10(14)7-9)16-5-6-18-12(8-15-2)13(16)17/h3-4,7,12,15H,5-6,8H2,1-2H3. The van der Waals surface area contributed by atoms with Crippen LogP contribution >= 0.6 is 15.9 Å². The van der Waals surface area contributed by atoms with Crippen LogP contribution in [-0.4, -0.2) is 38.8 Å². The first-order valence-electron chi connectivity index (χ1n) is 5.97. The van der Waals surface area contributed by atoms with Crippen molar-refractivity contribution in [1.82, 2.24) is 5.32 Å². The zero-order valence-corrected chi connectivity index (χ0v) is 12.2. The quantitative estimate of drug-likeness (QED) is 0.924. The van der Waals surface area contributed by atoms with Crippen LogP contribution < -0.4 is 10.2 Å². The Labute approximate surface area is 115 Å². The van der Waals surface area contributed by atoms with Crippen LogP contribution in [0, 0.1) is 6.92 Å². The van der Waals surface area contributed by atoms with Crippen molar-refractivity contribution in [2.45, 2.75) is 13.0 Å². The third-order valence-corrected chi connectivity index (χ3v) is 3.59. The molecule has 1 aromatic carbocycles. The molecule has 0 saturated carbocycles. The van der Waals surface area contributed by atoms with Crippen LogP contribution in [0.5, 0.6) is 0 Å². The molecule has 5 heteroatoms. The number of halogens is 1. The fourth-order valence-corrected chi connectivity index (χ4v) is 2.75. The third kappa shape index (κ3) is 2.74. The first-order valence-corrected chi connectivity index (χ1v) is 6.76. The molecule has 1 aliphatic heterocycles. The lowest BCUT2D eigenvalue weighted by Crippen LogP contribution is -2.51. The number of likely N-dealkylation sites (N-methyl/N-ethyl adjacent to an activating group) is 1. The van der Waals surface area contributed by atoms with Gasteiger partial charge in [0.25, 0.3) is 5.91 Å².